The van der Waals surface area contributed by atoms with Gasteiger partial charge in [0, 0.05) is 12.1 Å². The molecule has 0 amide bonds. The Morgan fingerprint density at radius 2 is 2.00 bits per heavy atom. The van der Waals surface area contributed by atoms with Crippen LogP contribution in [0.1, 0.15) is 39.2 Å². The zero-order chi connectivity index (χ0) is 11.6. The topological polar surface area (TPSA) is 28.7 Å². The molecule has 2 nitrogen and oxygen atoms in total. The first-order valence-corrected chi connectivity index (χ1v) is 6.31. The van der Waals surface area contributed by atoms with Gasteiger partial charge in [0.1, 0.15) is 10.5 Å². The molecule has 0 aromatic carbocycles. The van der Waals surface area contributed by atoms with Crippen molar-refractivity contribution < 1.29 is 0 Å². The van der Waals surface area contributed by atoms with Crippen molar-refractivity contribution in [3.05, 3.63) is 20.6 Å². The first-order chi connectivity index (χ1) is 6.83. The molecule has 0 aliphatic carbocycles. The number of H-pyrrole nitrogens is 1. The van der Waals surface area contributed by atoms with E-state index in [2.05, 4.69) is 53.6 Å². The van der Waals surface area contributed by atoms with Gasteiger partial charge in [0.2, 0.25) is 0 Å². The van der Waals surface area contributed by atoms with Crippen LogP contribution in [0.15, 0.2) is 4.47 Å². The second kappa shape index (κ2) is 4.74. The monoisotopic (exact) mass is 288 g/mol. The molecule has 1 aromatic heterocycles. The summed E-state index contributed by atoms with van der Waals surface area (Å²) in [4.78, 5) is 7.71. The SMILES string of the molecule is CCc1[nH]c(CC(C)(C)C)nc(=S)c1Br. The van der Waals surface area contributed by atoms with E-state index in [9.17, 15) is 0 Å². The summed E-state index contributed by atoms with van der Waals surface area (Å²) in [6.07, 6.45) is 1.85. The summed E-state index contributed by atoms with van der Waals surface area (Å²) in [7, 11) is 0. The fourth-order valence-corrected chi connectivity index (χ4v) is 2.09. The molecule has 0 aliphatic rings. The molecule has 0 saturated carbocycles. The van der Waals surface area contributed by atoms with Crippen LogP contribution in [0.25, 0.3) is 0 Å². The van der Waals surface area contributed by atoms with E-state index in [4.69, 9.17) is 12.2 Å². The molecule has 1 rings (SSSR count). The summed E-state index contributed by atoms with van der Waals surface area (Å²) in [5, 5.41) is 0. The van der Waals surface area contributed by atoms with E-state index in [0.29, 0.717) is 4.64 Å². The van der Waals surface area contributed by atoms with Gasteiger partial charge in [-0.05, 0) is 27.8 Å². The average Bonchev–Trinajstić information content (AvgIpc) is 2.08. The minimum atomic E-state index is 0.226. The van der Waals surface area contributed by atoms with Crippen LogP contribution >= 0.6 is 28.1 Å². The fourth-order valence-electron chi connectivity index (χ4n) is 1.39. The molecule has 0 saturated heterocycles. The predicted molar refractivity (Wildman–Crippen MR) is 69.7 cm³/mol. The Labute approximate surface area is 105 Å². The van der Waals surface area contributed by atoms with Crippen LogP contribution in [0.5, 0.6) is 0 Å². The van der Waals surface area contributed by atoms with Crippen LogP contribution < -0.4 is 0 Å². The van der Waals surface area contributed by atoms with Gasteiger partial charge in [0.25, 0.3) is 0 Å². The smallest absolute Gasteiger partial charge is 0.144 e. The van der Waals surface area contributed by atoms with E-state index >= 15 is 0 Å². The number of rotatable bonds is 2. The van der Waals surface area contributed by atoms with Gasteiger partial charge in [0.15, 0.2) is 0 Å². The molecule has 0 radical (unpaired) electrons. The third-order valence-electron chi connectivity index (χ3n) is 2.04. The average molecular weight is 289 g/mol. The maximum Gasteiger partial charge on any atom is 0.144 e. The van der Waals surface area contributed by atoms with Crippen LogP contribution in [-0.2, 0) is 12.8 Å². The first-order valence-electron chi connectivity index (χ1n) is 5.11. The lowest BCUT2D eigenvalue weighted by Crippen LogP contribution is -2.13. The Kier molecular flexibility index (Phi) is 4.06. The molecule has 0 bridgehead atoms. The lowest BCUT2D eigenvalue weighted by Gasteiger charge is -2.18. The fraction of sp³-hybridized carbons (Fsp3) is 0.636. The Balaban J connectivity index is 3.12. The second-order valence-electron chi connectivity index (χ2n) is 4.87. The van der Waals surface area contributed by atoms with Crippen LogP contribution in [0.2, 0.25) is 0 Å². The minimum Gasteiger partial charge on any atom is -0.346 e. The molecule has 15 heavy (non-hydrogen) atoms. The summed E-state index contributed by atoms with van der Waals surface area (Å²) in [5.74, 6) is 0.979. The zero-order valence-corrected chi connectivity index (χ0v) is 12.1. The van der Waals surface area contributed by atoms with Crippen molar-refractivity contribution in [3.63, 3.8) is 0 Å². The van der Waals surface area contributed by atoms with Gasteiger partial charge in [-0.15, -0.1) is 0 Å². The normalized spacial score (nSPS) is 11.8. The minimum absolute atomic E-state index is 0.226. The van der Waals surface area contributed by atoms with E-state index in [1.165, 1.54) is 0 Å². The number of halogens is 1. The molecule has 1 aromatic rings. The summed E-state index contributed by atoms with van der Waals surface area (Å²) < 4.78 is 1.59. The van der Waals surface area contributed by atoms with Crippen molar-refractivity contribution in [3.8, 4) is 0 Å². The number of aryl methyl sites for hydroxylation is 1. The Morgan fingerprint density at radius 3 is 2.47 bits per heavy atom. The highest BCUT2D eigenvalue weighted by atomic mass is 79.9. The molecule has 1 heterocycles. The molecule has 0 fully saturated rings. The molecule has 4 heteroatoms. The van der Waals surface area contributed by atoms with Gasteiger partial charge in [-0.2, -0.15) is 0 Å². The Hall–Kier alpha value is -0.220. The van der Waals surface area contributed by atoms with Crippen LogP contribution in [-0.4, -0.2) is 9.97 Å². The lowest BCUT2D eigenvalue weighted by atomic mass is 9.92. The maximum absolute atomic E-state index is 5.21. The molecular formula is C11H17BrN2S. The lowest BCUT2D eigenvalue weighted by molar-refractivity contribution is 0.399. The third-order valence-corrected chi connectivity index (χ3v) is 3.45. The largest absolute Gasteiger partial charge is 0.346 e. The van der Waals surface area contributed by atoms with Gasteiger partial charge in [-0.25, -0.2) is 4.98 Å². The Bertz CT molecular complexity index is 404. The van der Waals surface area contributed by atoms with Gasteiger partial charge < -0.3 is 4.98 Å². The maximum atomic E-state index is 5.21. The molecule has 1 N–H and O–H groups in total. The first kappa shape index (κ1) is 12.8. The van der Waals surface area contributed by atoms with Crippen LogP contribution in [0.4, 0.5) is 0 Å². The van der Waals surface area contributed by atoms with E-state index < -0.39 is 0 Å². The predicted octanol–water partition coefficient (Wildman–Crippen LogP) is 4.05. The van der Waals surface area contributed by atoms with E-state index in [0.717, 1.165) is 28.8 Å². The zero-order valence-electron chi connectivity index (χ0n) is 9.65. The number of aromatic amines is 1. The molecular weight excluding hydrogens is 272 g/mol. The number of hydrogen-bond donors (Lipinski definition) is 1. The van der Waals surface area contributed by atoms with E-state index in [1.54, 1.807) is 0 Å². The third kappa shape index (κ3) is 3.68. The summed E-state index contributed by atoms with van der Waals surface area (Å²) >= 11 is 8.66. The second-order valence-corrected chi connectivity index (χ2v) is 6.05. The summed E-state index contributed by atoms with van der Waals surface area (Å²) in [6.45, 7) is 8.68. The number of aromatic nitrogens is 2. The molecule has 0 spiro atoms. The number of hydrogen-bond acceptors (Lipinski definition) is 2. The highest BCUT2D eigenvalue weighted by molar-refractivity contribution is 9.10. The van der Waals surface area contributed by atoms with Crippen molar-refractivity contribution >= 4 is 28.1 Å². The van der Waals surface area contributed by atoms with Crippen molar-refractivity contribution in [2.75, 3.05) is 0 Å². The van der Waals surface area contributed by atoms with Gasteiger partial charge >= 0.3 is 0 Å². The van der Waals surface area contributed by atoms with Crippen molar-refractivity contribution in [2.45, 2.75) is 40.5 Å². The molecule has 0 atom stereocenters. The van der Waals surface area contributed by atoms with Gasteiger partial charge in [0.05, 0.1) is 4.47 Å². The molecule has 0 unspecified atom stereocenters. The van der Waals surface area contributed by atoms with Crippen LogP contribution in [0.3, 0.4) is 0 Å². The highest BCUT2D eigenvalue weighted by Crippen LogP contribution is 2.21. The summed E-state index contributed by atoms with van der Waals surface area (Å²) in [5.41, 5.74) is 1.36. The quantitative estimate of drug-likeness (QED) is 0.832. The number of nitrogens with one attached hydrogen (secondary N) is 1. The van der Waals surface area contributed by atoms with Crippen molar-refractivity contribution in [1.29, 1.82) is 0 Å². The summed E-state index contributed by atoms with van der Waals surface area (Å²) in [6, 6.07) is 0. The molecule has 84 valence electrons. The van der Waals surface area contributed by atoms with Crippen LogP contribution in [0, 0.1) is 10.1 Å². The van der Waals surface area contributed by atoms with Gasteiger partial charge in [-0.3, -0.25) is 0 Å². The standard InChI is InChI=1S/C11H17BrN2S/c1-5-7-9(12)10(15)14-8(13-7)6-11(2,3)4/h5-6H2,1-4H3,(H,13,14,15). The highest BCUT2D eigenvalue weighted by Gasteiger charge is 2.14. The van der Waals surface area contributed by atoms with Gasteiger partial charge in [-0.1, -0.05) is 39.9 Å². The van der Waals surface area contributed by atoms with Crippen molar-refractivity contribution in [2.24, 2.45) is 5.41 Å². The van der Waals surface area contributed by atoms with E-state index in [1.807, 2.05) is 0 Å². The van der Waals surface area contributed by atoms with Crippen molar-refractivity contribution in [1.82, 2.24) is 9.97 Å². The molecule has 0 aliphatic heterocycles. The Morgan fingerprint density at radius 1 is 1.40 bits per heavy atom. The number of nitrogens with zero attached hydrogens (tertiary/aromatic N) is 1. The van der Waals surface area contributed by atoms with E-state index in [-0.39, 0.29) is 5.41 Å².